The first-order valence-corrected chi connectivity index (χ1v) is 7.58. The third kappa shape index (κ3) is 2.43. The SMILES string of the molecule is O=C(O)C1CSCN1S(=O)(=O)c1c[nH]c(=O)[nH]c1=O. The molecule has 1 aliphatic heterocycles. The third-order valence-electron chi connectivity index (χ3n) is 2.50. The van der Waals surface area contributed by atoms with E-state index < -0.39 is 38.2 Å². The lowest BCUT2D eigenvalue weighted by atomic mass is 10.4. The fourth-order valence-electron chi connectivity index (χ4n) is 1.57. The molecule has 1 unspecified atom stereocenters. The van der Waals surface area contributed by atoms with E-state index >= 15 is 0 Å². The summed E-state index contributed by atoms with van der Waals surface area (Å²) in [6, 6.07) is -1.22. The lowest BCUT2D eigenvalue weighted by molar-refractivity contribution is -0.140. The molecular formula is C8H9N3O6S2. The van der Waals surface area contributed by atoms with Crippen LogP contribution < -0.4 is 11.2 Å². The number of aliphatic carboxylic acids is 1. The molecule has 0 spiro atoms. The molecule has 0 radical (unpaired) electrons. The second-order valence-corrected chi connectivity index (χ2v) is 6.54. The molecule has 1 atom stereocenters. The number of nitrogens with one attached hydrogen (secondary N) is 2. The Morgan fingerprint density at radius 1 is 1.47 bits per heavy atom. The summed E-state index contributed by atoms with van der Waals surface area (Å²) in [5, 5.41) is 8.94. The average molecular weight is 307 g/mol. The Kier molecular flexibility index (Phi) is 3.52. The maximum atomic E-state index is 12.2. The van der Waals surface area contributed by atoms with E-state index in [4.69, 9.17) is 5.11 Å². The average Bonchev–Trinajstić information content (AvgIpc) is 2.77. The zero-order valence-corrected chi connectivity index (χ0v) is 11.0. The number of H-pyrrole nitrogens is 2. The highest BCUT2D eigenvalue weighted by Gasteiger charge is 2.41. The van der Waals surface area contributed by atoms with Crippen LogP contribution in [0.2, 0.25) is 0 Å². The molecule has 1 aromatic rings. The summed E-state index contributed by atoms with van der Waals surface area (Å²) in [6.45, 7) is 0. The molecule has 2 heterocycles. The van der Waals surface area contributed by atoms with Crippen molar-refractivity contribution in [3.05, 3.63) is 27.0 Å². The summed E-state index contributed by atoms with van der Waals surface area (Å²) in [5.41, 5.74) is -1.92. The minimum Gasteiger partial charge on any atom is -0.480 e. The van der Waals surface area contributed by atoms with Crippen LogP contribution in [0.3, 0.4) is 0 Å². The molecular weight excluding hydrogens is 298 g/mol. The highest BCUT2D eigenvalue weighted by Crippen LogP contribution is 2.26. The van der Waals surface area contributed by atoms with Crippen LogP contribution in [-0.4, -0.2) is 51.4 Å². The quantitative estimate of drug-likeness (QED) is 0.599. The molecule has 3 N–H and O–H groups in total. The normalized spacial score (nSPS) is 20.5. The maximum Gasteiger partial charge on any atom is 0.325 e. The van der Waals surface area contributed by atoms with Crippen molar-refractivity contribution in [3.63, 3.8) is 0 Å². The van der Waals surface area contributed by atoms with Crippen LogP contribution in [0.4, 0.5) is 0 Å². The minimum atomic E-state index is -4.26. The first kappa shape index (κ1) is 13.8. The molecule has 0 aliphatic carbocycles. The van der Waals surface area contributed by atoms with Crippen LogP contribution in [0.25, 0.3) is 0 Å². The van der Waals surface area contributed by atoms with Gasteiger partial charge in [0.15, 0.2) is 4.90 Å². The standard InChI is InChI=1S/C8H9N3O6S2/c12-6-5(1-9-8(15)10-6)19(16,17)11-3-18-2-4(11)7(13)14/h1,4H,2-3H2,(H,13,14)(H2,9,10,12,15). The summed E-state index contributed by atoms with van der Waals surface area (Å²) in [7, 11) is -4.26. The Balaban J connectivity index is 2.51. The molecule has 1 aliphatic rings. The summed E-state index contributed by atoms with van der Waals surface area (Å²) < 4.78 is 25.1. The molecule has 11 heteroatoms. The molecule has 0 saturated carbocycles. The number of aromatic amines is 2. The minimum absolute atomic E-state index is 0.0577. The summed E-state index contributed by atoms with van der Waals surface area (Å²) in [6.07, 6.45) is 0.762. The van der Waals surface area contributed by atoms with Crippen molar-refractivity contribution in [2.75, 3.05) is 11.6 Å². The van der Waals surface area contributed by atoms with Gasteiger partial charge in [-0.1, -0.05) is 0 Å². The first-order chi connectivity index (χ1) is 8.84. The summed E-state index contributed by atoms with van der Waals surface area (Å²) >= 11 is 1.13. The van der Waals surface area contributed by atoms with Crippen LogP contribution in [0.15, 0.2) is 20.7 Å². The van der Waals surface area contributed by atoms with Gasteiger partial charge in [-0.05, 0) is 0 Å². The largest absolute Gasteiger partial charge is 0.480 e. The van der Waals surface area contributed by atoms with Gasteiger partial charge in [0.2, 0.25) is 0 Å². The smallest absolute Gasteiger partial charge is 0.325 e. The fourth-order valence-corrected chi connectivity index (χ4v) is 4.70. The molecule has 0 amide bonds. The molecule has 0 bridgehead atoms. The van der Waals surface area contributed by atoms with Gasteiger partial charge in [0, 0.05) is 11.9 Å². The summed E-state index contributed by atoms with van der Waals surface area (Å²) in [5.74, 6) is -1.23. The number of hydrogen-bond donors (Lipinski definition) is 3. The lowest BCUT2D eigenvalue weighted by Gasteiger charge is -2.19. The van der Waals surface area contributed by atoms with E-state index in [0.29, 0.717) is 0 Å². The van der Waals surface area contributed by atoms with E-state index in [2.05, 4.69) is 0 Å². The molecule has 1 fully saturated rings. The highest BCUT2D eigenvalue weighted by atomic mass is 32.2. The number of carboxylic acids is 1. The van der Waals surface area contributed by atoms with Gasteiger partial charge in [0.05, 0.1) is 5.88 Å². The number of carbonyl (C=O) groups is 1. The Morgan fingerprint density at radius 3 is 2.74 bits per heavy atom. The topological polar surface area (TPSA) is 140 Å². The van der Waals surface area contributed by atoms with Crippen LogP contribution in [-0.2, 0) is 14.8 Å². The molecule has 9 nitrogen and oxygen atoms in total. The van der Waals surface area contributed by atoms with E-state index in [1.165, 1.54) is 0 Å². The molecule has 104 valence electrons. The number of sulfonamides is 1. The predicted octanol–water partition coefficient (Wildman–Crippen LogP) is -1.79. The highest BCUT2D eigenvalue weighted by molar-refractivity contribution is 8.00. The number of hydrogen-bond acceptors (Lipinski definition) is 6. The van der Waals surface area contributed by atoms with Crippen molar-refractivity contribution in [2.24, 2.45) is 0 Å². The van der Waals surface area contributed by atoms with Gasteiger partial charge in [0.1, 0.15) is 6.04 Å². The molecule has 2 rings (SSSR count). The van der Waals surface area contributed by atoms with Crippen molar-refractivity contribution in [1.82, 2.24) is 14.3 Å². The van der Waals surface area contributed by atoms with Crippen LogP contribution in [0.5, 0.6) is 0 Å². The number of thioether (sulfide) groups is 1. The van der Waals surface area contributed by atoms with Crippen LogP contribution >= 0.6 is 11.8 Å². The summed E-state index contributed by atoms with van der Waals surface area (Å²) in [4.78, 5) is 36.4. The Morgan fingerprint density at radius 2 is 2.16 bits per heavy atom. The van der Waals surface area contributed by atoms with Gasteiger partial charge in [-0.25, -0.2) is 13.2 Å². The van der Waals surface area contributed by atoms with Crippen LogP contribution in [0, 0.1) is 0 Å². The molecule has 19 heavy (non-hydrogen) atoms. The van der Waals surface area contributed by atoms with Gasteiger partial charge in [-0.2, -0.15) is 4.31 Å². The number of rotatable bonds is 3. The maximum absolute atomic E-state index is 12.2. The Labute approximate surface area is 110 Å². The number of carboxylic acid groups (broad SMARTS) is 1. The monoisotopic (exact) mass is 307 g/mol. The van der Waals surface area contributed by atoms with Gasteiger partial charge in [0.25, 0.3) is 15.6 Å². The van der Waals surface area contributed by atoms with Gasteiger partial charge in [-0.3, -0.25) is 14.6 Å². The van der Waals surface area contributed by atoms with E-state index in [1.807, 2.05) is 4.98 Å². The lowest BCUT2D eigenvalue weighted by Crippen LogP contribution is -2.43. The molecule has 0 aromatic carbocycles. The fraction of sp³-hybridized carbons (Fsp3) is 0.375. The Hall–Kier alpha value is -1.59. The van der Waals surface area contributed by atoms with Crippen molar-refractivity contribution in [1.29, 1.82) is 0 Å². The van der Waals surface area contributed by atoms with E-state index in [1.54, 1.807) is 4.98 Å². The van der Waals surface area contributed by atoms with E-state index in [9.17, 15) is 22.8 Å². The van der Waals surface area contributed by atoms with Crippen molar-refractivity contribution in [2.45, 2.75) is 10.9 Å². The van der Waals surface area contributed by atoms with Gasteiger partial charge >= 0.3 is 11.7 Å². The zero-order valence-electron chi connectivity index (χ0n) is 9.32. The van der Waals surface area contributed by atoms with Crippen LogP contribution in [0.1, 0.15) is 0 Å². The second kappa shape index (κ2) is 4.83. The third-order valence-corrected chi connectivity index (χ3v) is 5.53. The van der Waals surface area contributed by atoms with Crippen molar-refractivity contribution in [3.8, 4) is 0 Å². The zero-order chi connectivity index (χ0) is 14.2. The molecule has 1 saturated heterocycles. The number of nitrogens with zero attached hydrogens (tertiary/aromatic N) is 1. The van der Waals surface area contributed by atoms with Crippen molar-refractivity contribution < 1.29 is 18.3 Å². The van der Waals surface area contributed by atoms with Gasteiger partial charge < -0.3 is 10.1 Å². The van der Waals surface area contributed by atoms with E-state index in [-0.39, 0.29) is 11.6 Å². The second-order valence-electron chi connectivity index (χ2n) is 3.68. The predicted molar refractivity (Wildman–Crippen MR) is 65.5 cm³/mol. The number of aromatic nitrogens is 2. The Bertz CT molecular complexity index is 720. The molecule has 1 aromatic heterocycles. The van der Waals surface area contributed by atoms with E-state index in [0.717, 1.165) is 22.3 Å². The van der Waals surface area contributed by atoms with Gasteiger partial charge in [-0.15, -0.1) is 11.8 Å². The van der Waals surface area contributed by atoms with Crippen molar-refractivity contribution >= 4 is 27.8 Å². The first-order valence-electron chi connectivity index (χ1n) is 4.98.